The van der Waals surface area contributed by atoms with Gasteiger partial charge in [0.25, 0.3) is 0 Å². The standard InChI is InChI=1S/C14H22O2/c1-3-4-6-11(2)13(15)10-9-12-7-5-8-14(12)16/h9-16H,5-8H2,1-2H3/b10-9+/t11-,12-,13+,14+/m0/s1. The predicted octanol–water partition coefficient (Wildman–Crippen LogP) is 2.11. The first-order valence-corrected chi connectivity index (χ1v) is 6.09. The molecule has 1 aliphatic carbocycles. The zero-order chi connectivity index (χ0) is 12.0. The zero-order valence-electron chi connectivity index (χ0n) is 10.2. The molecule has 0 aliphatic heterocycles. The third kappa shape index (κ3) is 4.00. The molecule has 90 valence electrons. The highest BCUT2D eigenvalue weighted by atomic mass is 16.3. The summed E-state index contributed by atoms with van der Waals surface area (Å²) in [6.07, 6.45) is 6.86. The van der Waals surface area contributed by atoms with Crippen molar-refractivity contribution in [1.82, 2.24) is 0 Å². The monoisotopic (exact) mass is 222 g/mol. The van der Waals surface area contributed by atoms with Crippen LogP contribution in [-0.4, -0.2) is 22.4 Å². The number of hydrogen-bond acceptors (Lipinski definition) is 2. The molecule has 0 bridgehead atoms. The van der Waals surface area contributed by atoms with E-state index in [-0.39, 0.29) is 17.9 Å². The molecule has 0 aromatic carbocycles. The van der Waals surface area contributed by atoms with Crippen molar-refractivity contribution in [2.75, 3.05) is 0 Å². The molecule has 0 saturated heterocycles. The van der Waals surface area contributed by atoms with Crippen LogP contribution in [0.4, 0.5) is 0 Å². The maximum Gasteiger partial charge on any atom is 0.0755 e. The summed E-state index contributed by atoms with van der Waals surface area (Å²) in [5.74, 6) is 6.20. The Morgan fingerprint density at radius 2 is 2.19 bits per heavy atom. The second-order valence-corrected chi connectivity index (χ2v) is 4.65. The third-order valence-corrected chi connectivity index (χ3v) is 3.27. The first kappa shape index (κ1) is 13.3. The first-order valence-electron chi connectivity index (χ1n) is 6.09. The number of aliphatic hydroxyl groups excluding tert-OH is 2. The lowest BCUT2D eigenvalue weighted by Crippen LogP contribution is -2.16. The largest absolute Gasteiger partial charge is 0.393 e. The van der Waals surface area contributed by atoms with Crippen molar-refractivity contribution in [2.45, 2.75) is 51.7 Å². The lowest BCUT2D eigenvalue weighted by Gasteiger charge is -2.14. The Hall–Kier alpha value is -0.780. The Morgan fingerprint density at radius 3 is 2.75 bits per heavy atom. The van der Waals surface area contributed by atoms with Crippen molar-refractivity contribution in [2.24, 2.45) is 11.8 Å². The molecule has 0 radical (unpaired) electrons. The maximum atomic E-state index is 9.85. The highest BCUT2D eigenvalue weighted by Crippen LogP contribution is 2.26. The topological polar surface area (TPSA) is 40.5 Å². The van der Waals surface area contributed by atoms with Gasteiger partial charge in [-0.3, -0.25) is 0 Å². The average Bonchev–Trinajstić information content (AvgIpc) is 2.68. The first-order chi connectivity index (χ1) is 7.65. The molecule has 1 rings (SSSR count). The van der Waals surface area contributed by atoms with Crippen LogP contribution >= 0.6 is 0 Å². The van der Waals surface area contributed by atoms with Crippen LogP contribution in [0.15, 0.2) is 12.2 Å². The van der Waals surface area contributed by atoms with E-state index in [2.05, 4.69) is 11.8 Å². The van der Waals surface area contributed by atoms with E-state index in [0.29, 0.717) is 0 Å². The molecule has 1 saturated carbocycles. The molecule has 0 unspecified atom stereocenters. The number of aliphatic hydroxyl groups is 2. The second kappa shape index (κ2) is 6.73. The lowest BCUT2D eigenvalue weighted by atomic mass is 9.98. The molecule has 0 spiro atoms. The normalized spacial score (nSPS) is 28.8. The van der Waals surface area contributed by atoms with Gasteiger partial charge in [-0.15, -0.1) is 11.8 Å². The van der Waals surface area contributed by atoms with Crippen LogP contribution in [0.3, 0.4) is 0 Å². The summed E-state index contributed by atoms with van der Waals surface area (Å²) in [5, 5.41) is 19.5. The van der Waals surface area contributed by atoms with E-state index < -0.39 is 6.10 Å². The lowest BCUT2D eigenvalue weighted by molar-refractivity contribution is 0.147. The van der Waals surface area contributed by atoms with Gasteiger partial charge in [0.2, 0.25) is 0 Å². The Bertz CT molecular complexity index is 285. The molecule has 2 N–H and O–H groups in total. The Labute approximate surface area is 98.4 Å². The van der Waals surface area contributed by atoms with E-state index >= 15 is 0 Å². The molecule has 0 aromatic heterocycles. The Balaban J connectivity index is 2.39. The van der Waals surface area contributed by atoms with Gasteiger partial charge in [0.1, 0.15) is 0 Å². The van der Waals surface area contributed by atoms with Gasteiger partial charge in [-0.05, 0) is 25.7 Å². The highest BCUT2D eigenvalue weighted by molar-refractivity contribution is 5.02. The van der Waals surface area contributed by atoms with Crippen LogP contribution in [-0.2, 0) is 0 Å². The van der Waals surface area contributed by atoms with E-state index in [4.69, 9.17) is 0 Å². The fourth-order valence-electron chi connectivity index (χ4n) is 2.02. The molecule has 4 atom stereocenters. The molecule has 16 heavy (non-hydrogen) atoms. The second-order valence-electron chi connectivity index (χ2n) is 4.65. The minimum absolute atomic E-state index is 0.155. The summed E-state index contributed by atoms with van der Waals surface area (Å²) in [4.78, 5) is 0. The van der Waals surface area contributed by atoms with Crippen LogP contribution in [0.2, 0.25) is 0 Å². The SMILES string of the molecule is CC#CC[C@H](C)[C@H](O)/C=C/[C@@H]1CCC[C@H]1O. The van der Waals surface area contributed by atoms with E-state index in [1.807, 2.05) is 26.0 Å². The predicted molar refractivity (Wildman–Crippen MR) is 65.7 cm³/mol. The summed E-state index contributed by atoms with van der Waals surface area (Å²) in [6.45, 7) is 3.80. The van der Waals surface area contributed by atoms with Gasteiger partial charge in [0.05, 0.1) is 12.2 Å². The van der Waals surface area contributed by atoms with Gasteiger partial charge in [0, 0.05) is 12.3 Å². The third-order valence-electron chi connectivity index (χ3n) is 3.27. The average molecular weight is 222 g/mol. The Morgan fingerprint density at radius 1 is 1.44 bits per heavy atom. The van der Waals surface area contributed by atoms with Gasteiger partial charge >= 0.3 is 0 Å². The van der Waals surface area contributed by atoms with Gasteiger partial charge in [-0.25, -0.2) is 0 Å². The van der Waals surface area contributed by atoms with Crippen molar-refractivity contribution in [3.63, 3.8) is 0 Å². The summed E-state index contributed by atoms with van der Waals surface area (Å²) in [5.41, 5.74) is 0. The van der Waals surface area contributed by atoms with Crippen LogP contribution in [0.1, 0.15) is 39.5 Å². The van der Waals surface area contributed by atoms with Crippen LogP contribution in [0, 0.1) is 23.7 Å². The molecule has 2 heteroatoms. The highest BCUT2D eigenvalue weighted by Gasteiger charge is 2.23. The number of hydrogen-bond donors (Lipinski definition) is 2. The fourth-order valence-corrected chi connectivity index (χ4v) is 2.02. The van der Waals surface area contributed by atoms with Gasteiger partial charge in [-0.1, -0.05) is 25.5 Å². The quantitative estimate of drug-likeness (QED) is 0.565. The summed E-state index contributed by atoms with van der Waals surface area (Å²) in [6, 6.07) is 0. The molecule has 1 aliphatic rings. The zero-order valence-corrected chi connectivity index (χ0v) is 10.2. The van der Waals surface area contributed by atoms with Gasteiger partial charge < -0.3 is 10.2 Å². The van der Waals surface area contributed by atoms with Crippen LogP contribution in [0.25, 0.3) is 0 Å². The maximum absolute atomic E-state index is 9.85. The molecular formula is C14H22O2. The Kier molecular flexibility index (Phi) is 5.59. The summed E-state index contributed by atoms with van der Waals surface area (Å²) >= 11 is 0. The molecule has 0 heterocycles. The van der Waals surface area contributed by atoms with E-state index in [9.17, 15) is 10.2 Å². The van der Waals surface area contributed by atoms with E-state index in [1.54, 1.807) is 0 Å². The smallest absolute Gasteiger partial charge is 0.0755 e. The minimum atomic E-state index is -0.450. The minimum Gasteiger partial charge on any atom is -0.393 e. The van der Waals surface area contributed by atoms with E-state index in [1.165, 1.54) is 0 Å². The summed E-state index contributed by atoms with van der Waals surface area (Å²) < 4.78 is 0. The van der Waals surface area contributed by atoms with Gasteiger partial charge in [0.15, 0.2) is 0 Å². The fraction of sp³-hybridized carbons (Fsp3) is 0.714. The van der Waals surface area contributed by atoms with Crippen molar-refractivity contribution < 1.29 is 10.2 Å². The number of rotatable bonds is 4. The van der Waals surface area contributed by atoms with Gasteiger partial charge in [-0.2, -0.15) is 0 Å². The van der Waals surface area contributed by atoms with Crippen molar-refractivity contribution in [3.8, 4) is 11.8 Å². The molecule has 2 nitrogen and oxygen atoms in total. The van der Waals surface area contributed by atoms with Crippen LogP contribution < -0.4 is 0 Å². The van der Waals surface area contributed by atoms with Crippen LogP contribution in [0.5, 0.6) is 0 Å². The molecule has 0 aromatic rings. The van der Waals surface area contributed by atoms with Crippen molar-refractivity contribution in [3.05, 3.63) is 12.2 Å². The van der Waals surface area contributed by atoms with Crippen molar-refractivity contribution in [1.29, 1.82) is 0 Å². The molecule has 0 amide bonds. The van der Waals surface area contributed by atoms with Crippen molar-refractivity contribution >= 4 is 0 Å². The summed E-state index contributed by atoms with van der Waals surface area (Å²) in [7, 11) is 0. The molecular weight excluding hydrogens is 200 g/mol. The molecule has 1 fully saturated rings. The van der Waals surface area contributed by atoms with E-state index in [0.717, 1.165) is 25.7 Å².